The van der Waals surface area contributed by atoms with Crippen LogP contribution in [-0.4, -0.2) is 14.6 Å². The zero-order valence-corrected chi connectivity index (χ0v) is 11.4. The normalized spacial score (nSPS) is 11.0. The lowest BCUT2D eigenvalue weighted by Gasteiger charge is -2.10. The molecule has 0 atom stereocenters. The molecular formula is C17H14N4. The summed E-state index contributed by atoms with van der Waals surface area (Å²) in [5, 5.41) is 8.84. The molecule has 0 fully saturated rings. The number of hydrogen-bond acceptors (Lipinski definition) is 3. The van der Waals surface area contributed by atoms with Crippen LogP contribution in [-0.2, 0) is 6.54 Å². The van der Waals surface area contributed by atoms with Crippen LogP contribution in [0.2, 0.25) is 0 Å². The van der Waals surface area contributed by atoms with Crippen molar-refractivity contribution in [3.63, 3.8) is 0 Å². The van der Waals surface area contributed by atoms with Crippen LogP contribution in [0.4, 0.5) is 5.82 Å². The Morgan fingerprint density at radius 1 is 0.905 bits per heavy atom. The summed E-state index contributed by atoms with van der Waals surface area (Å²) >= 11 is 0. The minimum absolute atomic E-state index is 0.752. The summed E-state index contributed by atoms with van der Waals surface area (Å²) in [4.78, 5) is 4.67. The van der Waals surface area contributed by atoms with E-state index in [-0.39, 0.29) is 0 Å². The van der Waals surface area contributed by atoms with Gasteiger partial charge in [-0.2, -0.15) is 5.10 Å². The number of fused-ring (bicyclic) bond motifs is 3. The maximum Gasteiger partial charge on any atom is 0.158 e. The van der Waals surface area contributed by atoms with Gasteiger partial charge in [0.15, 0.2) is 5.65 Å². The minimum atomic E-state index is 0.752. The molecule has 0 saturated heterocycles. The van der Waals surface area contributed by atoms with Crippen molar-refractivity contribution in [2.75, 3.05) is 5.32 Å². The first-order valence-corrected chi connectivity index (χ1v) is 6.92. The molecule has 4 aromatic rings. The number of anilines is 1. The molecule has 0 aliphatic heterocycles. The maximum absolute atomic E-state index is 4.67. The number of benzene rings is 2. The van der Waals surface area contributed by atoms with E-state index in [9.17, 15) is 0 Å². The van der Waals surface area contributed by atoms with Crippen molar-refractivity contribution in [1.82, 2.24) is 14.6 Å². The van der Waals surface area contributed by atoms with Gasteiger partial charge in [-0.1, -0.05) is 42.5 Å². The lowest BCUT2D eigenvalue weighted by atomic mass is 10.2. The summed E-state index contributed by atoms with van der Waals surface area (Å²) in [6, 6.07) is 20.4. The van der Waals surface area contributed by atoms with Gasteiger partial charge in [-0.05, 0) is 17.7 Å². The van der Waals surface area contributed by atoms with E-state index < -0.39 is 0 Å². The molecule has 4 rings (SSSR count). The second-order valence-electron chi connectivity index (χ2n) is 4.92. The molecule has 2 aromatic carbocycles. The van der Waals surface area contributed by atoms with E-state index in [4.69, 9.17) is 0 Å². The van der Waals surface area contributed by atoms with Crippen molar-refractivity contribution in [2.24, 2.45) is 0 Å². The van der Waals surface area contributed by atoms with Gasteiger partial charge in [0, 0.05) is 18.0 Å². The minimum Gasteiger partial charge on any atom is -0.365 e. The topological polar surface area (TPSA) is 42.2 Å². The maximum atomic E-state index is 4.67. The lowest BCUT2D eigenvalue weighted by Crippen LogP contribution is -2.04. The fraction of sp³-hybridized carbons (Fsp3) is 0.0588. The van der Waals surface area contributed by atoms with E-state index in [2.05, 4.69) is 39.7 Å². The highest BCUT2D eigenvalue weighted by Crippen LogP contribution is 2.23. The zero-order valence-electron chi connectivity index (χ0n) is 11.4. The number of rotatable bonds is 3. The second kappa shape index (κ2) is 4.90. The van der Waals surface area contributed by atoms with Gasteiger partial charge in [0.1, 0.15) is 5.82 Å². The summed E-state index contributed by atoms with van der Waals surface area (Å²) in [7, 11) is 0. The van der Waals surface area contributed by atoms with Gasteiger partial charge in [-0.25, -0.2) is 9.50 Å². The van der Waals surface area contributed by atoms with Crippen LogP contribution < -0.4 is 5.32 Å². The van der Waals surface area contributed by atoms with Crippen molar-refractivity contribution < 1.29 is 0 Å². The quantitative estimate of drug-likeness (QED) is 0.622. The zero-order chi connectivity index (χ0) is 14.1. The summed E-state index contributed by atoms with van der Waals surface area (Å²) in [5.74, 6) is 0.891. The number of aromatic nitrogens is 3. The SMILES string of the molecule is c1ccc(CNc2nc3ccnn3c3ccccc23)cc1. The molecule has 0 radical (unpaired) electrons. The Bertz CT molecular complexity index is 896. The third kappa shape index (κ3) is 2.10. The van der Waals surface area contributed by atoms with Gasteiger partial charge in [-0.3, -0.25) is 0 Å². The Balaban J connectivity index is 1.79. The van der Waals surface area contributed by atoms with Crippen LogP contribution in [0.15, 0.2) is 66.9 Å². The molecule has 0 aliphatic carbocycles. The van der Waals surface area contributed by atoms with Crippen molar-refractivity contribution in [2.45, 2.75) is 6.54 Å². The predicted molar refractivity (Wildman–Crippen MR) is 84.3 cm³/mol. The van der Waals surface area contributed by atoms with E-state index in [1.54, 1.807) is 6.20 Å². The third-order valence-corrected chi connectivity index (χ3v) is 3.54. The first-order chi connectivity index (χ1) is 10.4. The van der Waals surface area contributed by atoms with Gasteiger partial charge in [0.05, 0.1) is 11.7 Å². The molecule has 2 aromatic heterocycles. The highest BCUT2D eigenvalue weighted by molar-refractivity contribution is 5.91. The van der Waals surface area contributed by atoms with E-state index in [1.807, 2.05) is 40.9 Å². The molecular weight excluding hydrogens is 260 g/mol. The van der Waals surface area contributed by atoms with E-state index in [1.165, 1.54) is 5.56 Å². The Hall–Kier alpha value is -2.88. The first kappa shape index (κ1) is 11.9. The number of hydrogen-bond donors (Lipinski definition) is 1. The van der Waals surface area contributed by atoms with Crippen molar-refractivity contribution in [3.05, 3.63) is 72.4 Å². The van der Waals surface area contributed by atoms with Crippen LogP contribution in [0.1, 0.15) is 5.56 Å². The summed E-state index contributed by atoms with van der Waals surface area (Å²) < 4.78 is 1.86. The molecule has 0 unspecified atom stereocenters. The number of nitrogens with zero attached hydrogens (tertiary/aromatic N) is 3. The van der Waals surface area contributed by atoms with Gasteiger partial charge in [0.25, 0.3) is 0 Å². The van der Waals surface area contributed by atoms with Crippen LogP contribution in [0.25, 0.3) is 16.6 Å². The molecule has 21 heavy (non-hydrogen) atoms. The molecule has 4 nitrogen and oxygen atoms in total. The van der Waals surface area contributed by atoms with Gasteiger partial charge in [-0.15, -0.1) is 0 Å². The molecule has 0 spiro atoms. The molecule has 0 bridgehead atoms. The summed E-state index contributed by atoms with van der Waals surface area (Å²) in [6.45, 7) is 0.752. The monoisotopic (exact) mass is 274 g/mol. The van der Waals surface area contributed by atoms with Gasteiger partial charge in [0.2, 0.25) is 0 Å². The summed E-state index contributed by atoms with van der Waals surface area (Å²) in [6.07, 6.45) is 1.77. The number of nitrogens with one attached hydrogen (secondary N) is 1. The Kier molecular flexibility index (Phi) is 2.78. The van der Waals surface area contributed by atoms with E-state index in [0.717, 1.165) is 28.9 Å². The molecule has 1 N–H and O–H groups in total. The molecule has 102 valence electrons. The smallest absolute Gasteiger partial charge is 0.158 e. The van der Waals surface area contributed by atoms with Crippen LogP contribution in [0.3, 0.4) is 0 Å². The van der Waals surface area contributed by atoms with Crippen LogP contribution in [0.5, 0.6) is 0 Å². The van der Waals surface area contributed by atoms with Crippen LogP contribution >= 0.6 is 0 Å². The van der Waals surface area contributed by atoms with Crippen LogP contribution in [0, 0.1) is 0 Å². The fourth-order valence-corrected chi connectivity index (χ4v) is 2.52. The fourth-order valence-electron chi connectivity index (χ4n) is 2.52. The largest absolute Gasteiger partial charge is 0.365 e. The predicted octanol–water partition coefficient (Wildman–Crippen LogP) is 3.49. The molecule has 2 heterocycles. The third-order valence-electron chi connectivity index (χ3n) is 3.54. The standard InChI is InChI=1S/C17H14N4/c1-2-6-13(7-3-1)12-18-17-14-8-4-5-9-15(14)21-16(20-17)10-11-19-21/h1-11H,12H2,(H,18,20). The average Bonchev–Trinajstić information content (AvgIpc) is 3.02. The van der Waals surface area contributed by atoms with Gasteiger partial charge < -0.3 is 5.32 Å². The van der Waals surface area contributed by atoms with Crippen molar-refractivity contribution >= 4 is 22.4 Å². The lowest BCUT2D eigenvalue weighted by molar-refractivity contribution is 0.980. The van der Waals surface area contributed by atoms with E-state index >= 15 is 0 Å². The molecule has 0 saturated carbocycles. The highest BCUT2D eigenvalue weighted by atomic mass is 15.3. The Morgan fingerprint density at radius 2 is 1.71 bits per heavy atom. The highest BCUT2D eigenvalue weighted by Gasteiger charge is 2.07. The van der Waals surface area contributed by atoms with Crippen molar-refractivity contribution in [3.8, 4) is 0 Å². The Labute approximate surface area is 122 Å². The first-order valence-electron chi connectivity index (χ1n) is 6.92. The van der Waals surface area contributed by atoms with Crippen molar-refractivity contribution in [1.29, 1.82) is 0 Å². The summed E-state index contributed by atoms with van der Waals surface area (Å²) in [5.41, 5.74) is 3.14. The van der Waals surface area contributed by atoms with Gasteiger partial charge >= 0.3 is 0 Å². The molecule has 0 amide bonds. The second-order valence-corrected chi connectivity index (χ2v) is 4.92. The van der Waals surface area contributed by atoms with E-state index in [0.29, 0.717) is 0 Å². The Morgan fingerprint density at radius 3 is 2.62 bits per heavy atom. The average molecular weight is 274 g/mol. The molecule has 0 aliphatic rings. The molecule has 4 heteroatoms. The number of para-hydroxylation sites is 1.